The van der Waals surface area contributed by atoms with E-state index in [0.29, 0.717) is 5.92 Å². The Morgan fingerprint density at radius 1 is 1.59 bits per heavy atom. The van der Waals surface area contributed by atoms with Crippen LogP contribution in [0.4, 0.5) is 0 Å². The molecule has 0 aromatic carbocycles. The summed E-state index contributed by atoms with van der Waals surface area (Å²) in [6, 6.07) is 0. The highest BCUT2D eigenvalue weighted by atomic mass is 32.1. The molecule has 17 heavy (non-hydrogen) atoms. The van der Waals surface area contributed by atoms with E-state index in [2.05, 4.69) is 22.6 Å². The van der Waals surface area contributed by atoms with E-state index in [1.54, 1.807) is 18.4 Å². The highest BCUT2D eigenvalue weighted by Crippen LogP contribution is 2.42. The summed E-state index contributed by atoms with van der Waals surface area (Å²) < 4.78 is 5.15. The van der Waals surface area contributed by atoms with Crippen molar-refractivity contribution in [3.8, 4) is 0 Å². The zero-order valence-corrected chi connectivity index (χ0v) is 11.6. The number of hydrogen-bond acceptors (Lipinski definition) is 4. The van der Waals surface area contributed by atoms with Crippen LogP contribution in [-0.2, 0) is 10.3 Å². The summed E-state index contributed by atoms with van der Waals surface area (Å²) in [5.41, 5.74) is 0.0882. The maximum Gasteiger partial charge on any atom is 0.113 e. The third kappa shape index (κ3) is 2.69. The molecule has 1 N–H and O–H groups in total. The van der Waals surface area contributed by atoms with E-state index in [1.807, 2.05) is 6.20 Å². The first-order valence-corrected chi connectivity index (χ1v) is 7.31. The first kappa shape index (κ1) is 13.0. The van der Waals surface area contributed by atoms with Crippen LogP contribution in [0.1, 0.15) is 37.6 Å². The van der Waals surface area contributed by atoms with Crippen LogP contribution in [0.3, 0.4) is 0 Å². The molecule has 0 amide bonds. The summed E-state index contributed by atoms with van der Waals surface area (Å²) in [6.07, 6.45) is 7.05. The molecule has 1 fully saturated rings. The average Bonchev–Trinajstić information content (AvgIpc) is 2.86. The van der Waals surface area contributed by atoms with Crippen LogP contribution in [0.2, 0.25) is 0 Å². The van der Waals surface area contributed by atoms with Gasteiger partial charge in [0.25, 0.3) is 0 Å². The molecular formula is C13H22N2OS. The van der Waals surface area contributed by atoms with Gasteiger partial charge in [-0.1, -0.05) is 19.8 Å². The standard InChI is InChI=1S/C13H22N2OS/c1-11-5-3-4-6-13(11,15-7-9-16-2)12-14-8-10-17-12/h8,10-11,15H,3-7,9H2,1-2H3. The molecule has 3 nitrogen and oxygen atoms in total. The second-order valence-corrected chi connectivity index (χ2v) is 5.77. The van der Waals surface area contributed by atoms with Gasteiger partial charge in [-0.2, -0.15) is 0 Å². The molecule has 1 aliphatic rings. The van der Waals surface area contributed by atoms with Crippen LogP contribution in [-0.4, -0.2) is 25.2 Å². The summed E-state index contributed by atoms with van der Waals surface area (Å²) in [5.74, 6) is 0.652. The Bertz CT molecular complexity index is 328. The molecule has 2 rings (SSSR count). The predicted molar refractivity (Wildman–Crippen MR) is 71.3 cm³/mol. The molecular weight excluding hydrogens is 232 g/mol. The average molecular weight is 254 g/mol. The molecule has 2 atom stereocenters. The van der Waals surface area contributed by atoms with E-state index in [9.17, 15) is 0 Å². The van der Waals surface area contributed by atoms with Crippen LogP contribution in [0.15, 0.2) is 11.6 Å². The van der Waals surface area contributed by atoms with E-state index in [-0.39, 0.29) is 5.54 Å². The molecule has 96 valence electrons. The monoisotopic (exact) mass is 254 g/mol. The van der Waals surface area contributed by atoms with Gasteiger partial charge < -0.3 is 10.1 Å². The lowest BCUT2D eigenvalue weighted by Gasteiger charge is -2.42. The Morgan fingerprint density at radius 2 is 2.47 bits per heavy atom. The summed E-state index contributed by atoms with van der Waals surface area (Å²) in [7, 11) is 1.75. The molecule has 4 heteroatoms. The molecule has 1 saturated carbocycles. The van der Waals surface area contributed by atoms with E-state index < -0.39 is 0 Å². The fourth-order valence-corrected chi connectivity index (χ4v) is 3.78. The number of thiazole rings is 1. The Hall–Kier alpha value is -0.450. The van der Waals surface area contributed by atoms with Crippen molar-refractivity contribution in [2.24, 2.45) is 5.92 Å². The molecule has 1 aromatic rings. The Kier molecular flexibility index (Phi) is 4.54. The fraction of sp³-hybridized carbons (Fsp3) is 0.769. The van der Waals surface area contributed by atoms with Gasteiger partial charge in [0.1, 0.15) is 5.01 Å². The lowest BCUT2D eigenvalue weighted by Crippen LogP contribution is -2.50. The molecule has 0 aliphatic heterocycles. The van der Waals surface area contributed by atoms with Crippen LogP contribution < -0.4 is 5.32 Å². The van der Waals surface area contributed by atoms with Gasteiger partial charge in [-0.05, 0) is 18.8 Å². The first-order chi connectivity index (χ1) is 8.29. The summed E-state index contributed by atoms with van der Waals surface area (Å²) in [6.45, 7) is 4.01. The maximum atomic E-state index is 5.15. The van der Waals surface area contributed by atoms with E-state index in [1.165, 1.54) is 30.7 Å². The largest absolute Gasteiger partial charge is 0.383 e. The summed E-state index contributed by atoms with van der Waals surface area (Å²) >= 11 is 1.78. The summed E-state index contributed by atoms with van der Waals surface area (Å²) in [4.78, 5) is 4.56. The number of hydrogen-bond donors (Lipinski definition) is 1. The van der Waals surface area contributed by atoms with Crippen molar-refractivity contribution in [2.75, 3.05) is 20.3 Å². The number of aromatic nitrogens is 1. The van der Waals surface area contributed by atoms with Gasteiger partial charge in [0, 0.05) is 25.2 Å². The molecule has 1 heterocycles. The smallest absolute Gasteiger partial charge is 0.113 e. The first-order valence-electron chi connectivity index (χ1n) is 6.43. The van der Waals surface area contributed by atoms with Crippen molar-refractivity contribution in [3.63, 3.8) is 0 Å². The second-order valence-electron chi connectivity index (χ2n) is 4.88. The van der Waals surface area contributed by atoms with Crippen molar-refractivity contribution in [2.45, 2.75) is 38.1 Å². The van der Waals surface area contributed by atoms with Crippen LogP contribution in [0.25, 0.3) is 0 Å². The zero-order valence-electron chi connectivity index (χ0n) is 10.7. The second kappa shape index (κ2) is 5.94. The van der Waals surface area contributed by atoms with Crippen molar-refractivity contribution in [3.05, 3.63) is 16.6 Å². The normalized spacial score (nSPS) is 29.4. The molecule has 0 saturated heterocycles. The number of ether oxygens (including phenoxy) is 1. The number of nitrogens with one attached hydrogen (secondary N) is 1. The van der Waals surface area contributed by atoms with Gasteiger partial charge >= 0.3 is 0 Å². The highest BCUT2D eigenvalue weighted by Gasteiger charge is 2.41. The molecule has 1 aromatic heterocycles. The lowest BCUT2D eigenvalue weighted by atomic mass is 9.74. The number of nitrogens with zero attached hydrogens (tertiary/aromatic N) is 1. The van der Waals surface area contributed by atoms with Crippen LogP contribution in [0.5, 0.6) is 0 Å². The molecule has 1 aliphatic carbocycles. The number of methoxy groups -OCH3 is 1. The fourth-order valence-electron chi connectivity index (χ4n) is 2.82. The summed E-state index contributed by atoms with van der Waals surface area (Å²) in [5, 5.41) is 7.04. The van der Waals surface area contributed by atoms with Crippen LogP contribution in [0, 0.1) is 5.92 Å². The number of rotatable bonds is 5. The van der Waals surface area contributed by atoms with Gasteiger partial charge in [-0.15, -0.1) is 11.3 Å². The molecule has 2 unspecified atom stereocenters. The van der Waals surface area contributed by atoms with Crippen molar-refractivity contribution in [1.29, 1.82) is 0 Å². The quantitative estimate of drug-likeness (QED) is 0.820. The SMILES string of the molecule is COCCNC1(c2nccs2)CCCCC1C. The zero-order chi connectivity index (χ0) is 12.1. The molecule has 0 bridgehead atoms. The Morgan fingerprint density at radius 3 is 3.12 bits per heavy atom. The van der Waals surface area contributed by atoms with Gasteiger partial charge in [0.05, 0.1) is 12.1 Å². The van der Waals surface area contributed by atoms with Crippen molar-refractivity contribution in [1.82, 2.24) is 10.3 Å². The van der Waals surface area contributed by atoms with E-state index in [0.717, 1.165) is 13.2 Å². The minimum atomic E-state index is 0.0882. The van der Waals surface area contributed by atoms with E-state index in [4.69, 9.17) is 4.74 Å². The third-order valence-electron chi connectivity index (χ3n) is 3.86. The van der Waals surface area contributed by atoms with Crippen molar-refractivity contribution < 1.29 is 4.74 Å². The van der Waals surface area contributed by atoms with Gasteiger partial charge in [0.15, 0.2) is 0 Å². The Balaban J connectivity index is 2.16. The van der Waals surface area contributed by atoms with E-state index >= 15 is 0 Å². The predicted octanol–water partition coefficient (Wildman–Crippen LogP) is 2.78. The molecule has 0 radical (unpaired) electrons. The Labute approximate surface area is 108 Å². The van der Waals surface area contributed by atoms with Crippen molar-refractivity contribution >= 4 is 11.3 Å². The van der Waals surface area contributed by atoms with Crippen LogP contribution >= 0.6 is 11.3 Å². The van der Waals surface area contributed by atoms with Gasteiger partial charge in [0.2, 0.25) is 0 Å². The maximum absolute atomic E-state index is 5.15. The minimum Gasteiger partial charge on any atom is -0.383 e. The lowest BCUT2D eigenvalue weighted by molar-refractivity contribution is 0.128. The third-order valence-corrected chi connectivity index (χ3v) is 4.81. The molecule has 0 spiro atoms. The van der Waals surface area contributed by atoms with Gasteiger partial charge in [-0.25, -0.2) is 4.98 Å². The highest BCUT2D eigenvalue weighted by molar-refractivity contribution is 7.09. The topological polar surface area (TPSA) is 34.1 Å². The van der Waals surface area contributed by atoms with Gasteiger partial charge in [-0.3, -0.25) is 0 Å². The minimum absolute atomic E-state index is 0.0882.